The summed E-state index contributed by atoms with van der Waals surface area (Å²) >= 11 is 0. The monoisotopic (exact) mass is 424 g/mol. The molecular weight excluding hydrogens is 396 g/mol. The van der Waals surface area contributed by atoms with E-state index in [1.54, 1.807) is 14.2 Å². The Morgan fingerprint density at radius 3 is 2.06 bits per heavy atom. The minimum Gasteiger partial charge on any atom is -0.496 e. The van der Waals surface area contributed by atoms with Crippen molar-refractivity contribution in [3.8, 4) is 17.2 Å². The van der Waals surface area contributed by atoms with Crippen LogP contribution in [0.3, 0.4) is 0 Å². The Morgan fingerprint density at radius 2 is 1.45 bits per heavy atom. The minimum absolute atomic E-state index is 0.0550. The van der Waals surface area contributed by atoms with Gasteiger partial charge in [0.2, 0.25) is 0 Å². The lowest BCUT2D eigenvalue weighted by Gasteiger charge is -2.36. The van der Waals surface area contributed by atoms with E-state index in [2.05, 4.69) is 19.9 Å². The summed E-state index contributed by atoms with van der Waals surface area (Å²) in [7, 11) is 3.32. The van der Waals surface area contributed by atoms with Crippen LogP contribution < -0.4 is 14.2 Å². The van der Waals surface area contributed by atoms with Gasteiger partial charge in [-0.2, -0.15) is 0 Å². The maximum atomic E-state index is 6.38. The molecule has 5 rings (SSSR count). The van der Waals surface area contributed by atoms with Crippen molar-refractivity contribution >= 4 is 0 Å². The van der Waals surface area contributed by atoms with Crippen LogP contribution in [0, 0.1) is 5.41 Å². The molecule has 2 aromatic rings. The molecule has 1 fully saturated rings. The highest BCUT2D eigenvalue weighted by atomic mass is 16.7. The molecule has 2 atom stereocenters. The molecule has 3 heterocycles. The van der Waals surface area contributed by atoms with Crippen LogP contribution in [-0.2, 0) is 20.8 Å². The zero-order valence-corrected chi connectivity index (χ0v) is 18.3. The van der Waals surface area contributed by atoms with Crippen LogP contribution in [-0.4, -0.2) is 27.4 Å². The smallest absolute Gasteiger partial charge is 0.191 e. The van der Waals surface area contributed by atoms with Crippen LogP contribution in [0.4, 0.5) is 0 Å². The maximum Gasteiger partial charge on any atom is 0.191 e. The first-order valence-corrected chi connectivity index (χ1v) is 10.6. The summed E-state index contributed by atoms with van der Waals surface area (Å²) in [4.78, 5) is 0. The second kappa shape index (κ2) is 7.86. The highest BCUT2D eigenvalue weighted by Gasteiger charge is 2.45. The molecule has 0 spiro atoms. The Morgan fingerprint density at radius 1 is 0.839 bits per heavy atom. The molecule has 2 aromatic carbocycles. The Labute approximate surface area is 182 Å². The van der Waals surface area contributed by atoms with Gasteiger partial charge in [-0.15, -0.1) is 0 Å². The molecular formula is C25H28O6. The van der Waals surface area contributed by atoms with Crippen LogP contribution in [0.15, 0.2) is 42.5 Å². The molecule has 0 amide bonds. The topological polar surface area (TPSA) is 55.4 Å². The van der Waals surface area contributed by atoms with E-state index in [1.165, 1.54) is 0 Å². The largest absolute Gasteiger partial charge is 0.496 e. The second-order valence-corrected chi connectivity index (χ2v) is 8.89. The lowest BCUT2D eigenvalue weighted by molar-refractivity contribution is -0.227. The van der Waals surface area contributed by atoms with Crippen molar-refractivity contribution in [3.05, 3.63) is 64.7 Å². The van der Waals surface area contributed by atoms with Crippen molar-refractivity contribution in [1.29, 1.82) is 0 Å². The van der Waals surface area contributed by atoms with E-state index in [4.69, 9.17) is 28.4 Å². The van der Waals surface area contributed by atoms with Crippen molar-refractivity contribution in [2.45, 2.75) is 39.0 Å². The third-order valence-electron chi connectivity index (χ3n) is 5.92. The lowest BCUT2D eigenvalue weighted by atomic mass is 9.90. The maximum absolute atomic E-state index is 6.38. The Kier molecular flexibility index (Phi) is 5.16. The van der Waals surface area contributed by atoms with E-state index in [9.17, 15) is 0 Å². The molecule has 6 nitrogen and oxygen atoms in total. The van der Waals surface area contributed by atoms with Gasteiger partial charge in [0.15, 0.2) is 17.8 Å². The highest BCUT2D eigenvalue weighted by Crippen LogP contribution is 2.59. The molecule has 1 saturated heterocycles. The average molecular weight is 424 g/mol. The number of benzene rings is 2. The third-order valence-corrected chi connectivity index (χ3v) is 5.92. The fourth-order valence-corrected chi connectivity index (χ4v) is 4.45. The van der Waals surface area contributed by atoms with Crippen LogP contribution >= 0.6 is 0 Å². The van der Waals surface area contributed by atoms with Gasteiger partial charge >= 0.3 is 0 Å². The molecule has 3 aliphatic rings. The summed E-state index contributed by atoms with van der Waals surface area (Å²) in [6.07, 6.45) is 3.13. The van der Waals surface area contributed by atoms with Gasteiger partial charge in [-0.25, -0.2) is 0 Å². The molecule has 0 N–H and O–H groups in total. The zero-order valence-electron chi connectivity index (χ0n) is 18.3. The van der Waals surface area contributed by atoms with E-state index < -0.39 is 6.29 Å². The fraction of sp³-hybridized carbons (Fsp3) is 0.440. The standard InChI is InChI=1S/C25H28O6/c1-25(2)13-29-24(30-14-25)20-21(26-3)18-16-10-11-17(31-16)19(18)22(27-4)23(20)28-12-15-8-6-5-7-9-15/h5-11,16-17,24H,12-14H2,1-4H3. The van der Waals surface area contributed by atoms with Gasteiger partial charge in [0.1, 0.15) is 24.6 Å². The average Bonchev–Trinajstić information content (AvgIpc) is 3.40. The molecule has 0 saturated carbocycles. The van der Waals surface area contributed by atoms with Crippen LogP contribution in [0.2, 0.25) is 0 Å². The quantitative estimate of drug-likeness (QED) is 0.606. The third kappa shape index (κ3) is 3.49. The first kappa shape index (κ1) is 20.4. The number of fused-ring (bicyclic) bond motifs is 5. The van der Waals surface area contributed by atoms with Crippen LogP contribution in [0.25, 0.3) is 0 Å². The van der Waals surface area contributed by atoms with Crippen LogP contribution in [0.1, 0.15) is 54.6 Å². The summed E-state index contributed by atoms with van der Waals surface area (Å²) in [5, 5.41) is 0. The van der Waals surface area contributed by atoms with Crippen LogP contribution in [0.5, 0.6) is 17.2 Å². The fourth-order valence-electron chi connectivity index (χ4n) is 4.45. The van der Waals surface area contributed by atoms with Gasteiger partial charge in [-0.3, -0.25) is 0 Å². The number of hydrogen-bond acceptors (Lipinski definition) is 6. The predicted octanol–water partition coefficient (Wildman–Crippen LogP) is 5.04. The SMILES string of the molecule is COc1c(OCc2ccccc2)c(C2OCC(C)(C)CO2)c(OC)c2c1C1C=CC2O1. The minimum atomic E-state index is -0.615. The number of methoxy groups -OCH3 is 2. The lowest BCUT2D eigenvalue weighted by Crippen LogP contribution is -2.34. The van der Waals surface area contributed by atoms with E-state index in [1.807, 2.05) is 36.4 Å². The molecule has 2 bridgehead atoms. The molecule has 0 radical (unpaired) electrons. The van der Waals surface area contributed by atoms with Gasteiger partial charge in [-0.05, 0) is 5.56 Å². The normalized spacial score (nSPS) is 23.6. The zero-order chi connectivity index (χ0) is 21.6. The van der Waals surface area contributed by atoms with E-state index >= 15 is 0 Å². The van der Waals surface area contributed by atoms with Gasteiger partial charge in [0.25, 0.3) is 0 Å². The van der Waals surface area contributed by atoms with E-state index in [0.29, 0.717) is 42.6 Å². The van der Waals surface area contributed by atoms with Gasteiger partial charge in [0.05, 0.1) is 33.0 Å². The van der Waals surface area contributed by atoms with Crippen molar-refractivity contribution < 1.29 is 28.4 Å². The number of rotatable bonds is 6. The Hall–Kier alpha value is -2.54. The Bertz CT molecular complexity index is 987. The summed E-state index contributed by atoms with van der Waals surface area (Å²) in [6, 6.07) is 10.0. The van der Waals surface area contributed by atoms with Crippen molar-refractivity contribution in [1.82, 2.24) is 0 Å². The number of hydrogen-bond donors (Lipinski definition) is 0. The molecule has 6 heteroatoms. The van der Waals surface area contributed by atoms with E-state index in [-0.39, 0.29) is 17.6 Å². The van der Waals surface area contributed by atoms with Crippen molar-refractivity contribution in [2.75, 3.05) is 27.4 Å². The predicted molar refractivity (Wildman–Crippen MR) is 114 cm³/mol. The molecule has 164 valence electrons. The van der Waals surface area contributed by atoms with Gasteiger partial charge in [-0.1, -0.05) is 56.3 Å². The number of ether oxygens (including phenoxy) is 6. The molecule has 31 heavy (non-hydrogen) atoms. The molecule has 0 aromatic heterocycles. The first-order valence-electron chi connectivity index (χ1n) is 10.6. The van der Waals surface area contributed by atoms with Gasteiger partial charge in [0, 0.05) is 16.5 Å². The molecule has 2 unspecified atom stereocenters. The molecule has 0 aliphatic carbocycles. The molecule has 3 aliphatic heterocycles. The van der Waals surface area contributed by atoms with E-state index in [0.717, 1.165) is 16.7 Å². The summed E-state index contributed by atoms with van der Waals surface area (Å²) in [5.41, 5.74) is 3.63. The first-order chi connectivity index (χ1) is 15.0. The van der Waals surface area contributed by atoms with Gasteiger partial charge < -0.3 is 28.4 Å². The van der Waals surface area contributed by atoms with Crippen molar-refractivity contribution in [2.24, 2.45) is 5.41 Å². The summed E-state index contributed by atoms with van der Waals surface area (Å²) < 4.78 is 36.6. The Balaban J connectivity index is 1.63. The summed E-state index contributed by atoms with van der Waals surface area (Å²) in [5.74, 6) is 1.91. The van der Waals surface area contributed by atoms with Crippen molar-refractivity contribution in [3.63, 3.8) is 0 Å². The summed E-state index contributed by atoms with van der Waals surface area (Å²) in [6.45, 7) is 5.76. The second-order valence-electron chi connectivity index (χ2n) is 8.89. The highest BCUT2D eigenvalue weighted by molar-refractivity contribution is 5.68.